The smallest absolute Gasteiger partial charge is 0.257 e. The maximum atomic E-state index is 12.3. The zero-order valence-corrected chi connectivity index (χ0v) is 22.9. The molecule has 2 rings (SSSR count). The van der Waals surface area contributed by atoms with Crippen LogP contribution in [0.2, 0.25) is 0 Å². The first kappa shape index (κ1) is 31.4. The van der Waals surface area contributed by atoms with E-state index in [9.17, 15) is 4.79 Å². The summed E-state index contributed by atoms with van der Waals surface area (Å²) in [6, 6.07) is 8.02. The molecule has 0 atom stereocenters. The van der Waals surface area contributed by atoms with Crippen LogP contribution >= 0.6 is 11.8 Å². The Bertz CT molecular complexity index is 838. The van der Waals surface area contributed by atoms with Crippen LogP contribution in [0.5, 0.6) is 5.75 Å². The third-order valence-corrected chi connectivity index (χ3v) is 5.84. The second-order valence-corrected chi connectivity index (χ2v) is 8.16. The lowest BCUT2D eigenvalue weighted by atomic mass is 10.2. The van der Waals surface area contributed by atoms with Crippen LogP contribution in [0, 0.1) is 6.92 Å². The van der Waals surface area contributed by atoms with Crippen LogP contribution in [0.15, 0.2) is 47.1 Å². The van der Waals surface area contributed by atoms with E-state index in [0.717, 1.165) is 47.1 Å². The molecule has 1 heterocycles. The standard InChI is InChI=1S/C21H28N4O2S.C3H9N.C2H6/c1-6-17(7-2)25-20(26)15(4)28-21-14(3)19(23-13-24-21)22-12-16-8-10-18(27-5)11-9-16;1-3-4-2;1-2/h8-11,13,17H,4,6-7,12H2,1-3,5H3,(H,25,26)(H,22,23,24);4H,3H2,1-2H3;1-2H3. The molecule has 0 spiro atoms. The average molecular weight is 490 g/mol. The van der Waals surface area contributed by atoms with Gasteiger partial charge in [0.15, 0.2) is 0 Å². The minimum absolute atomic E-state index is 0.149. The van der Waals surface area contributed by atoms with Crippen molar-refractivity contribution in [1.29, 1.82) is 0 Å². The molecule has 0 aliphatic rings. The van der Waals surface area contributed by atoms with Gasteiger partial charge in [-0.05, 0) is 51.1 Å². The number of nitrogens with one attached hydrogen (secondary N) is 3. The summed E-state index contributed by atoms with van der Waals surface area (Å²) in [6.07, 6.45) is 3.29. The molecule has 0 aliphatic carbocycles. The largest absolute Gasteiger partial charge is 0.497 e. The Morgan fingerprint density at radius 2 is 1.71 bits per heavy atom. The van der Waals surface area contributed by atoms with Gasteiger partial charge in [0.25, 0.3) is 5.91 Å². The van der Waals surface area contributed by atoms with Gasteiger partial charge in [0.2, 0.25) is 0 Å². The fraction of sp³-hybridized carbons (Fsp3) is 0.500. The second kappa shape index (κ2) is 18.8. The van der Waals surface area contributed by atoms with Crippen LogP contribution < -0.4 is 20.7 Å². The highest BCUT2D eigenvalue weighted by molar-refractivity contribution is 8.04. The van der Waals surface area contributed by atoms with Gasteiger partial charge in [0.05, 0.1) is 12.0 Å². The number of nitrogens with zero attached hydrogens (tertiary/aromatic N) is 2. The van der Waals surface area contributed by atoms with Crippen molar-refractivity contribution in [2.45, 2.75) is 72.0 Å². The topological polar surface area (TPSA) is 88.2 Å². The lowest BCUT2D eigenvalue weighted by Crippen LogP contribution is -2.34. The van der Waals surface area contributed by atoms with Gasteiger partial charge >= 0.3 is 0 Å². The van der Waals surface area contributed by atoms with Crippen molar-refractivity contribution in [3.63, 3.8) is 0 Å². The maximum Gasteiger partial charge on any atom is 0.257 e. The molecule has 0 saturated carbocycles. The van der Waals surface area contributed by atoms with Crippen LogP contribution in [0.4, 0.5) is 5.82 Å². The summed E-state index contributed by atoms with van der Waals surface area (Å²) in [5, 5.41) is 9.97. The SMILES string of the molecule is C=C(Sc1ncnc(NCc2ccc(OC)cc2)c1C)C(=O)NC(CC)CC.CC.CCNC. The van der Waals surface area contributed by atoms with Gasteiger partial charge in [-0.2, -0.15) is 0 Å². The average Bonchev–Trinajstić information content (AvgIpc) is 2.89. The predicted octanol–water partition coefficient (Wildman–Crippen LogP) is 5.57. The summed E-state index contributed by atoms with van der Waals surface area (Å²) in [7, 11) is 3.58. The molecular formula is C26H43N5O2S. The van der Waals surface area contributed by atoms with Crippen molar-refractivity contribution < 1.29 is 9.53 Å². The first-order chi connectivity index (χ1) is 16.4. The Morgan fingerprint density at radius 1 is 1.12 bits per heavy atom. The summed E-state index contributed by atoms with van der Waals surface area (Å²) < 4.78 is 5.18. The maximum absolute atomic E-state index is 12.3. The van der Waals surface area contributed by atoms with E-state index in [4.69, 9.17) is 4.74 Å². The number of benzene rings is 1. The molecule has 0 unspecified atom stereocenters. The molecule has 190 valence electrons. The molecule has 8 heteroatoms. The fourth-order valence-electron chi connectivity index (χ4n) is 2.57. The molecule has 1 amide bonds. The molecular weight excluding hydrogens is 446 g/mol. The number of carbonyl (C=O) groups is 1. The quantitative estimate of drug-likeness (QED) is 0.216. The lowest BCUT2D eigenvalue weighted by molar-refractivity contribution is -0.117. The van der Waals surface area contributed by atoms with E-state index < -0.39 is 0 Å². The number of hydrogen-bond acceptors (Lipinski definition) is 7. The molecule has 1 aromatic heterocycles. The summed E-state index contributed by atoms with van der Waals surface area (Å²) in [5.74, 6) is 1.41. The molecule has 0 bridgehead atoms. The number of aromatic nitrogens is 2. The molecule has 1 aromatic carbocycles. The van der Waals surface area contributed by atoms with Crippen LogP contribution in [0.1, 0.15) is 58.6 Å². The van der Waals surface area contributed by atoms with E-state index >= 15 is 0 Å². The number of methoxy groups -OCH3 is 1. The monoisotopic (exact) mass is 489 g/mol. The zero-order chi connectivity index (χ0) is 25.9. The summed E-state index contributed by atoms with van der Waals surface area (Å²) in [5.41, 5.74) is 2.00. The zero-order valence-electron chi connectivity index (χ0n) is 22.1. The normalized spacial score (nSPS) is 9.79. The number of rotatable bonds is 11. The molecule has 0 radical (unpaired) electrons. The highest BCUT2D eigenvalue weighted by Crippen LogP contribution is 2.29. The molecule has 0 aliphatic heterocycles. The van der Waals surface area contributed by atoms with Crippen LogP contribution in [-0.2, 0) is 11.3 Å². The van der Waals surface area contributed by atoms with Gasteiger partial charge < -0.3 is 20.7 Å². The summed E-state index contributed by atoms with van der Waals surface area (Å²) >= 11 is 1.27. The Morgan fingerprint density at radius 3 is 2.21 bits per heavy atom. The third kappa shape index (κ3) is 11.5. The molecule has 7 nitrogen and oxygen atoms in total. The van der Waals surface area contributed by atoms with Gasteiger partial charge in [-0.25, -0.2) is 9.97 Å². The summed E-state index contributed by atoms with van der Waals surface area (Å²) in [6.45, 7) is 17.7. The number of carbonyl (C=O) groups excluding carboxylic acids is 1. The minimum Gasteiger partial charge on any atom is -0.497 e. The highest BCUT2D eigenvalue weighted by atomic mass is 32.2. The van der Waals surface area contributed by atoms with E-state index in [1.807, 2.05) is 52.1 Å². The van der Waals surface area contributed by atoms with Crippen molar-refractivity contribution in [2.24, 2.45) is 0 Å². The highest BCUT2D eigenvalue weighted by Gasteiger charge is 2.16. The van der Waals surface area contributed by atoms with Gasteiger partial charge in [0.1, 0.15) is 22.9 Å². The number of anilines is 1. The van der Waals surface area contributed by atoms with Crippen LogP contribution in [0.3, 0.4) is 0 Å². The van der Waals surface area contributed by atoms with E-state index in [0.29, 0.717) is 11.4 Å². The van der Waals surface area contributed by atoms with Crippen LogP contribution in [-0.4, -0.2) is 42.6 Å². The minimum atomic E-state index is -0.149. The fourth-order valence-corrected chi connectivity index (χ4v) is 3.30. The van der Waals surface area contributed by atoms with Crippen LogP contribution in [0.25, 0.3) is 0 Å². The Kier molecular flexibility index (Phi) is 17.4. The lowest BCUT2D eigenvalue weighted by Gasteiger charge is -2.16. The molecule has 34 heavy (non-hydrogen) atoms. The van der Waals surface area contributed by atoms with Crippen molar-refractivity contribution in [1.82, 2.24) is 20.6 Å². The Labute approximate surface area is 210 Å². The van der Waals surface area contributed by atoms with E-state index in [2.05, 4.69) is 53.3 Å². The van der Waals surface area contributed by atoms with Crippen molar-refractivity contribution in [2.75, 3.05) is 26.0 Å². The van der Waals surface area contributed by atoms with Crippen molar-refractivity contribution in [3.8, 4) is 5.75 Å². The number of amides is 1. The van der Waals surface area contributed by atoms with Crippen molar-refractivity contribution in [3.05, 3.63) is 53.2 Å². The predicted molar refractivity (Wildman–Crippen MR) is 146 cm³/mol. The molecule has 2 aromatic rings. The van der Waals surface area contributed by atoms with Gasteiger partial charge in [0, 0.05) is 18.2 Å². The first-order valence-corrected chi connectivity index (χ1v) is 12.7. The number of hydrogen-bond donors (Lipinski definition) is 3. The molecule has 3 N–H and O–H groups in total. The number of thioether (sulfide) groups is 1. The van der Waals surface area contributed by atoms with Crippen molar-refractivity contribution >= 4 is 23.5 Å². The Balaban J connectivity index is 0.00000164. The van der Waals surface area contributed by atoms with E-state index in [1.54, 1.807) is 7.11 Å². The molecule has 0 fully saturated rings. The van der Waals surface area contributed by atoms with Gasteiger partial charge in [-0.1, -0.05) is 65.1 Å². The third-order valence-electron chi connectivity index (χ3n) is 4.80. The van der Waals surface area contributed by atoms with E-state index in [-0.39, 0.29) is 11.9 Å². The van der Waals surface area contributed by atoms with Gasteiger partial charge in [-0.15, -0.1) is 0 Å². The van der Waals surface area contributed by atoms with Gasteiger partial charge in [-0.3, -0.25) is 4.79 Å². The van der Waals surface area contributed by atoms with E-state index in [1.165, 1.54) is 18.1 Å². The summed E-state index contributed by atoms with van der Waals surface area (Å²) in [4.78, 5) is 21.4. The second-order valence-electron chi connectivity index (χ2n) is 7.07. The Hall–Kier alpha value is -2.58. The number of ether oxygens (including phenoxy) is 1. The molecule has 0 saturated heterocycles. The first-order valence-electron chi connectivity index (χ1n) is 11.9.